The van der Waals surface area contributed by atoms with Crippen LogP contribution in [0.25, 0.3) is 11.4 Å². The maximum Gasteiger partial charge on any atom is 0.240 e. The summed E-state index contributed by atoms with van der Waals surface area (Å²) in [7, 11) is 0. The van der Waals surface area contributed by atoms with Gasteiger partial charge in [0, 0.05) is 11.6 Å². The molecule has 1 aromatic carbocycles. The van der Waals surface area contributed by atoms with E-state index >= 15 is 0 Å². The third-order valence-electron chi connectivity index (χ3n) is 2.97. The molecule has 1 aliphatic heterocycles. The Morgan fingerprint density at radius 1 is 1.32 bits per heavy atom. The Balaban J connectivity index is 2.19. The van der Waals surface area contributed by atoms with Crippen molar-refractivity contribution in [2.75, 3.05) is 6.61 Å². The van der Waals surface area contributed by atoms with Crippen molar-refractivity contribution in [1.29, 1.82) is 0 Å². The average molecular weight is 267 g/mol. The summed E-state index contributed by atoms with van der Waals surface area (Å²) in [5, 5.41) is 3.65. The fourth-order valence-electron chi connectivity index (χ4n) is 2.10. The van der Waals surface area contributed by atoms with E-state index in [1.807, 2.05) is 0 Å². The zero-order chi connectivity index (χ0) is 13.4. The summed E-state index contributed by atoms with van der Waals surface area (Å²) in [6.07, 6.45) is 1.19. The van der Waals surface area contributed by atoms with Crippen molar-refractivity contribution < 1.29 is 18.0 Å². The van der Waals surface area contributed by atoms with Crippen LogP contribution in [-0.2, 0) is 13.0 Å². The minimum absolute atomic E-state index is 0.0242. The first kappa shape index (κ1) is 12.0. The fourth-order valence-corrected chi connectivity index (χ4v) is 2.10. The van der Waals surface area contributed by atoms with Crippen molar-refractivity contribution in [3.05, 3.63) is 29.2 Å². The molecule has 0 bridgehead atoms. The zero-order valence-electron chi connectivity index (χ0n) is 9.95. The quantitative estimate of drug-likeness (QED) is 0.898. The first-order chi connectivity index (χ1) is 9.20. The molecule has 5 nitrogen and oxygen atoms in total. The minimum atomic E-state index is -0.775. The molecular formula is C12H11F2N3O2. The Labute approximate surface area is 107 Å². The molecule has 100 valence electrons. The second kappa shape index (κ2) is 4.58. The molecule has 1 aromatic heterocycles. The number of rotatable bonds is 2. The molecular weight excluding hydrogens is 256 g/mol. The van der Waals surface area contributed by atoms with Crippen molar-refractivity contribution in [2.45, 2.75) is 19.4 Å². The summed E-state index contributed by atoms with van der Waals surface area (Å²) in [5.41, 5.74) is 5.74. The van der Waals surface area contributed by atoms with Crippen molar-refractivity contribution in [1.82, 2.24) is 10.1 Å². The van der Waals surface area contributed by atoms with Gasteiger partial charge in [-0.1, -0.05) is 5.16 Å². The summed E-state index contributed by atoms with van der Waals surface area (Å²) in [6, 6.07) is 0.821. The van der Waals surface area contributed by atoms with E-state index in [1.165, 1.54) is 0 Å². The lowest BCUT2D eigenvalue weighted by Crippen LogP contribution is -2.12. The Hall–Kier alpha value is -2.02. The van der Waals surface area contributed by atoms with E-state index in [2.05, 4.69) is 10.1 Å². The van der Waals surface area contributed by atoms with Crippen molar-refractivity contribution in [3.8, 4) is 17.1 Å². The van der Waals surface area contributed by atoms with Crippen LogP contribution in [-0.4, -0.2) is 16.7 Å². The van der Waals surface area contributed by atoms with Gasteiger partial charge in [-0.15, -0.1) is 0 Å². The standard InChI is InChI=1S/C12H11F2N3O2/c13-7-4-8(14)10(11-6(7)2-1-3-18-11)12-16-9(5-15)19-17-12/h4H,1-3,5,15H2. The van der Waals surface area contributed by atoms with E-state index in [9.17, 15) is 8.78 Å². The summed E-state index contributed by atoms with van der Waals surface area (Å²) in [6.45, 7) is 0.462. The molecule has 0 aliphatic carbocycles. The predicted octanol–water partition coefficient (Wildman–Crippen LogP) is 1.80. The van der Waals surface area contributed by atoms with Crippen LogP contribution >= 0.6 is 0 Å². The van der Waals surface area contributed by atoms with Gasteiger partial charge in [0.05, 0.1) is 13.2 Å². The van der Waals surface area contributed by atoms with Crippen LogP contribution in [0.15, 0.2) is 10.6 Å². The van der Waals surface area contributed by atoms with E-state index in [4.69, 9.17) is 15.0 Å². The van der Waals surface area contributed by atoms with Crippen LogP contribution in [0.2, 0.25) is 0 Å². The van der Waals surface area contributed by atoms with Crippen molar-refractivity contribution in [2.24, 2.45) is 5.73 Å². The molecule has 1 aliphatic rings. The van der Waals surface area contributed by atoms with Crippen LogP contribution in [0.5, 0.6) is 5.75 Å². The van der Waals surface area contributed by atoms with E-state index in [0.29, 0.717) is 25.0 Å². The molecule has 0 fully saturated rings. The summed E-state index contributed by atoms with van der Waals surface area (Å²) < 4.78 is 37.9. The maximum absolute atomic E-state index is 14.0. The predicted molar refractivity (Wildman–Crippen MR) is 61.4 cm³/mol. The number of benzene rings is 1. The first-order valence-electron chi connectivity index (χ1n) is 5.87. The summed E-state index contributed by atoms with van der Waals surface area (Å²) >= 11 is 0. The lowest BCUT2D eigenvalue weighted by molar-refractivity contribution is 0.283. The van der Waals surface area contributed by atoms with E-state index in [-0.39, 0.29) is 29.6 Å². The fraction of sp³-hybridized carbons (Fsp3) is 0.333. The van der Waals surface area contributed by atoms with Gasteiger partial charge in [0.15, 0.2) is 0 Å². The van der Waals surface area contributed by atoms with Crippen LogP contribution < -0.4 is 10.5 Å². The number of nitrogens with zero attached hydrogens (tertiary/aromatic N) is 2. The summed E-state index contributed by atoms with van der Waals surface area (Å²) in [5.74, 6) is -1.02. The Kier molecular flexibility index (Phi) is 2.90. The third-order valence-corrected chi connectivity index (χ3v) is 2.97. The van der Waals surface area contributed by atoms with Gasteiger partial charge in [-0.3, -0.25) is 0 Å². The molecule has 2 N–H and O–H groups in total. The second-order valence-corrected chi connectivity index (χ2v) is 4.19. The highest BCUT2D eigenvalue weighted by Gasteiger charge is 2.26. The lowest BCUT2D eigenvalue weighted by atomic mass is 10.0. The maximum atomic E-state index is 14.0. The Morgan fingerprint density at radius 2 is 2.16 bits per heavy atom. The van der Waals surface area contributed by atoms with Gasteiger partial charge in [0.1, 0.15) is 22.9 Å². The van der Waals surface area contributed by atoms with Crippen LogP contribution in [0, 0.1) is 11.6 Å². The van der Waals surface area contributed by atoms with Gasteiger partial charge >= 0.3 is 0 Å². The van der Waals surface area contributed by atoms with Gasteiger partial charge in [0.2, 0.25) is 11.7 Å². The topological polar surface area (TPSA) is 74.2 Å². The average Bonchev–Trinajstić information content (AvgIpc) is 2.87. The van der Waals surface area contributed by atoms with Gasteiger partial charge in [-0.05, 0) is 12.8 Å². The molecule has 0 spiro atoms. The Morgan fingerprint density at radius 3 is 2.89 bits per heavy atom. The Bertz CT molecular complexity index is 628. The zero-order valence-corrected chi connectivity index (χ0v) is 9.95. The van der Waals surface area contributed by atoms with Crippen molar-refractivity contribution in [3.63, 3.8) is 0 Å². The molecule has 7 heteroatoms. The SMILES string of the molecule is NCc1nc(-c2c(F)cc(F)c3c2OCCC3)no1. The van der Waals surface area contributed by atoms with Crippen LogP contribution in [0.1, 0.15) is 17.9 Å². The minimum Gasteiger partial charge on any atom is -0.492 e. The molecule has 0 amide bonds. The number of nitrogens with two attached hydrogens (primary N) is 1. The molecule has 0 radical (unpaired) electrons. The number of hydrogen-bond donors (Lipinski definition) is 1. The normalized spacial score (nSPS) is 14.1. The van der Waals surface area contributed by atoms with E-state index in [0.717, 1.165) is 6.07 Å². The first-order valence-corrected chi connectivity index (χ1v) is 5.87. The number of ether oxygens (including phenoxy) is 1. The number of aromatic nitrogens is 2. The summed E-state index contributed by atoms with van der Waals surface area (Å²) in [4.78, 5) is 3.95. The van der Waals surface area contributed by atoms with Crippen LogP contribution in [0.3, 0.4) is 0 Å². The van der Waals surface area contributed by atoms with E-state index < -0.39 is 11.6 Å². The molecule has 0 saturated carbocycles. The largest absolute Gasteiger partial charge is 0.492 e. The third kappa shape index (κ3) is 1.95. The highest BCUT2D eigenvalue weighted by Crippen LogP contribution is 2.38. The van der Waals surface area contributed by atoms with Gasteiger partial charge in [0.25, 0.3) is 0 Å². The second-order valence-electron chi connectivity index (χ2n) is 4.19. The molecule has 2 aromatic rings. The molecule has 2 heterocycles. The highest BCUT2D eigenvalue weighted by atomic mass is 19.1. The van der Waals surface area contributed by atoms with Crippen molar-refractivity contribution >= 4 is 0 Å². The smallest absolute Gasteiger partial charge is 0.240 e. The number of hydrogen-bond acceptors (Lipinski definition) is 5. The molecule has 0 atom stereocenters. The van der Waals surface area contributed by atoms with E-state index in [1.54, 1.807) is 0 Å². The van der Waals surface area contributed by atoms with Gasteiger partial charge in [-0.2, -0.15) is 4.98 Å². The number of halogens is 2. The lowest BCUT2D eigenvalue weighted by Gasteiger charge is -2.20. The molecule has 0 saturated heterocycles. The van der Waals surface area contributed by atoms with Gasteiger partial charge < -0.3 is 15.0 Å². The monoisotopic (exact) mass is 267 g/mol. The van der Waals surface area contributed by atoms with Gasteiger partial charge in [-0.25, -0.2) is 8.78 Å². The molecule has 0 unspecified atom stereocenters. The molecule has 3 rings (SSSR count). The molecule has 19 heavy (non-hydrogen) atoms. The van der Waals surface area contributed by atoms with Crippen LogP contribution in [0.4, 0.5) is 8.78 Å². The highest BCUT2D eigenvalue weighted by molar-refractivity contribution is 5.67. The number of fused-ring (bicyclic) bond motifs is 1.